The van der Waals surface area contributed by atoms with E-state index in [1.54, 1.807) is 44.5 Å². The van der Waals surface area contributed by atoms with E-state index in [-0.39, 0.29) is 24.2 Å². The second kappa shape index (κ2) is 9.21. The Morgan fingerprint density at radius 1 is 1.24 bits per heavy atom. The number of amides is 1. The Morgan fingerprint density at radius 3 is 2.70 bits per heavy atom. The normalized spacial score (nSPS) is 10.8. The minimum atomic E-state index is -0.324. The highest BCUT2D eigenvalue weighted by molar-refractivity contribution is 6.30. The molecule has 2 heterocycles. The number of benzene rings is 2. The molecule has 2 aromatic carbocycles. The minimum absolute atomic E-state index is 0.129. The Hall–Kier alpha value is -4.05. The second-order valence-electron chi connectivity index (χ2n) is 7.20. The Morgan fingerprint density at radius 2 is 2.00 bits per heavy atom. The van der Waals surface area contributed by atoms with Gasteiger partial charge in [0.25, 0.3) is 5.89 Å². The van der Waals surface area contributed by atoms with Gasteiger partial charge in [-0.05, 0) is 48.9 Å². The number of nitrogens with zero attached hydrogens (tertiary/aromatic N) is 4. The maximum atomic E-state index is 12.7. The lowest BCUT2D eigenvalue weighted by atomic mass is 10.2. The molecule has 170 valence electrons. The highest BCUT2D eigenvalue weighted by Crippen LogP contribution is 2.33. The first-order chi connectivity index (χ1) is 15.9. The van der Waals surface area contributed by atoms with Crippen molar-refractivity contribution >= 4 is 34.8 Å². The van der Waals surface area contributed by atoms with Crippen LogP contribution in [0.25, 0.3) is 22.8 Å². The number of halogens is 1. The molecule has 2 aromatic heterocycles. The van der Waals surface area contributed by atoms with E-state index in [4.69, 9.17) is 26.6 Å². The van der Waals surface area contributed by atoms with Crippen molar-refractivity contribution in [1.82, 2.24) is 19.9 Å². The number of hydrogen-bond acceptors (Lipinski definition) is 8. The minimum Gasteiger partial charge on any atom is -0.495 e. The van der Waals surface area contributed by atoms with Crippen molar-refractivity contribution in [2.45, 2.75) is 13.5 Å². The van der Waals surface area contributed by atoms with Crippen LogP contribution < -0.4 is 21.1 Å². The summed E-state index contributed by atoms with van der Waals surface area (Å²) in [4.78, 5) is 17.1. The van der Waals surface area contributed by atoms with Crippen molar-refractivity contribution in [2.75, 3.05) is 30.5 Å². The average Bonchev–Trinajstić information content (AvgIpc) is 3.39. The summed E-state index contributed by atoms with van der Waals surface area (Å²) in [5, 5.41) is 14.8. The third-order valence-electron chi connectivity index (χ3n) is 4.89. The Labute approximate surface area is 194 Å². The molecule has 0 fully saturated rings. The van der Waals surface area contributed by atoms with Gasteiger partial charge in [-0.25, -0.2) is 4.68 Å². The van der Waals surface area contributed by atoms with Crippen LogP contribution in [-0.4, -0.2) is 40.0 Å². The monoisotopic (exact) mass is 467 g/mol. The first kappa shape index (κ1) is 22.2. The van der Waals surface area contributed by atoms with Crippen LogP contribution in [-0.2, 0) is 11.3 Å². The van der Waals surface area contributed by atoms with Gasteiger partial charge in [-0.2, -0.15) is 10.1 Å². The van der Waals surface area contributed by atoms with Crippen molar-refractivity contribution in [1.29, 1.82) is 0 Å². The summed E-state index contributed by atoms with van der Waals surface area (Å²) >= 11 is 5.94. The number of hydrogen-bond donors (Lipinski definition) is 3. The molecule has 1 amide bonds. The van der Waals surface area contributed by atoms with Crippen molar-refractivity contribution in [3.63, 3.8) is 0 Å². The van der Waals surface area contributed by atoms with Gasteiger partial charge in [-0.1, -0.05) is 22.8 Å². The number of aromatic nitrogens is 4. The van der Waals surface area contributed by atoms with Crippen LogP contribution in [0, 0.1) is 6.92 Å². The van der Waals surface area contributed by atoms with Crippen LogP contribution in [0.3, 0.4) is 0 Å². The Bertz CT molecular complexity index is 1300. The van der Waals surface area contributed by atoms with Crippen LogP contribution in [0.1, 0.15) is 5.56 Å². The quantitative estimate of drug-likeness (QED) is 0.373. The molecule has 0 saturated heterocycles. The first-order valence-electron chi connectivity index (χ1n) is 9.98. The Kier molecular flexibility index (Phi) is 6.18. The molecule has 0 bridgehead atoms. The second-order valence-corrected chi connectivity index (χ2v) is 7.63. The van der Waals surface area contributed by atoms with Crippen LogP contribution >= 0.6 is 11.6 Å². The summed E-state index contributed by atoms with van der Waals surface area (Å²) in [5.74, 6) is 1.39. The van der Waals surface area contributed by atoms with Gasteiger partial charge < -0.3 is 25.6 Å². The number of anilines is 3. The van der Waals surface area contributed by atoms with Gasteiger partial charge in [0.2, 0.25) is 11.7 Å². The first-order valence-corrected chi connectivity index (χ1v) is 10.4. The fourth-order valence-corrected chi connectivity index (χ4v) is 3.39. The molecule has 0 aliphatic heterocycles. The van der Waals surface area contributed by atoms with Crippen molar-refractivity contribution in [3.8, 4) is 28.6 Å². The molecule has 0 aliphatic rings. The number of nitrogens with two attached hydrogens (primary N) is 1. The summed E-state index contributed by atoms with van der Waals surface area (Å²) in [6.45, 7) is 1.80. The number of nitrogen functional groups attached to an aromatic ring is 1. The highest BCUT2D eigenvalue weighted by Gasteiger charge is 2.24. The predicted octanol–water partition coefficient (Wildman–Crippen LogP) is 3.83. The van der Waals surface area contributed by atoms with Crippen LogP contribution in [0.4, 0.5) is 17.3 Å². The van der Waals surface area contributed by atoms with Gasteiger partial charge in [-0.3, -0.25) is 4.79 Å². The number of methoxy groups -OCH3 is 1. The lowest BCUT2D eigenvalue weighted by Crippen LogP contribution is -2.21. The molecule has 0 unspecified atom stereocenters. The van der Waals surface area contributed by atoms with E-state index in [1.165, 1.54) is 4.68 Å². The summed E-state index contributed by atoms with van der Waals surface area (Å²) in [6.07, 6.45) is 0. The standard InChI is InChI=1S/C22H22ClN7O3/c1-12-4-9-16(32-3)15(10-12)26-17(31)11-30-19(24)18(21(25-2)28-30)22-27-20(29-33-22)13-5-7-14(23)8-6-13/h4-10H,11,24H2,1-3H3,(H,25,28)(H,26,31). The molecule has 10 nitrogen and oxygen atoms in total. The third kappa shape index (κ3) is 4.60. The molecule has 0 saturated carbocycles. The lowest BCUT2D eigenvalue weighted by molar-refractivity contribution is -0.116. The Balaban J connectivity index is 1.59. The number of carbonyl (C=O) groups excluding carboxylic acids is 1. The zero-order chi connectivity index (χ0) is 23.5. The summed E-state index contributed by atoms with van der Waals surface area (Å²) in [5.41, 5.74) is 9.00. The maximum Gasteiger partial charge on any atom is 0.265 e. The predicted molar refractivity (Wildman–Crippen MR) is 126 cm³/mol. The average molecular weight is 468 g/mol. The maximum absolute atomic E-state index is 12.7. The van der Waals surface area contributed by atoms with E-state index < -0.39 is 0 Å². The van der Waals surface area contributed by atoms with E-state index in [0.29, 0.717) is 33.7 Å². The highest BCUT2D eigenvalue weighted by atomic mass is 35.5. The zero-order valence-electron chi connectivity index (χ0n) is 18.2. The van der Waals surface area contributed by atoms with Crippen molar-refractivity contribution in [2.24, 2.45) is 0 Å². The van der Waals surface area contributed by atoms with Gasteiger partial charge in [0.05, 0.1) is 12.8 Å². The summed E-state index contributed by atoms with van der Waals surface area (Å²) in [6, 6.07) is 12.6. The topological polar surface area (TPSA) is 133 Å². The van der Waals surface area contributed by atoms with Crippen molar-refractivity contribution in [3.05, 3.63) is 53.1 Å². The van der Waals surface area contributed by atoms with Crippen LogP contribution in [0.5, 0.6) is 5.75 Å². The SMILES string of the molecule is CNc1nn(CC(=O)Nc2cc(C)ccc2OC)c(N)c1-c1nc(-c2ccc(Cl)cc2)no1. The molecule has 4 N–H and O–H groups in total. The fourth-order valence-electron chi connectivity index (χ4n) is 3.27. The number of carbonyl (C=O) groups is 1. The fraction of sp³-hybridized carbons (Fsp3) is 0.182. The summed E-state index contributed by atoms with van der Waals surface area (Å²) < 4.78 is 12.1. The van der Waals surface area contributed by atoms with Gasteiger partial charge in [-0.15, -0.1) is 0 Å². The molecule has 4 rings (SSSR count). The van der Waals surface area contributed by atoms with Gasteiger partial charge in [0.1, 0.15) is 23.7 Å². The van der Waals surface area contributed by atoms with E-state index >= 15 is 0 Å². The van der Waals surface area contributed by atoms with E-state index in [0.717, 1.165) is 11.1 Å². The molecular weight excluding hydrogens is 446 g/mol. The summed E-state index contributed by atoms with van der Waals surface area (Å²) in [7, 11) is 3.23. The van der Waals surface area contributed by atoms with Crippen molar-refractivity contribution < 1.29 is 14.1 Å². The molecule has 0 aliphatic carbocycles. The number of aryl methyl sites for hydroxylation is 1. The van der Waals surface area contributed by atoms with Crippen LogP contribution in [0.15, 0.2) is 47.0 Å². The molecule has 11 heteroatoms. The van der Waals surface area contributed by atoms with E-state index in [2.05, 4.69) is 25.9 Å². The molecule has 0 atom stereocenters. The molecule has 4 aromatic rings. The van der Waals surface area contributed by atoms with E-state index in [9.17, 15) is 4.79 Å². The smallest absolute Gasteiger partial charge is 0.265 e. The number of ether oxygens (including phenoxy) is 1. The number of rotatable bonds is 7. The zero-order valence-corrected chi connectivity index (χ0v) is 19.0. The largest absolute Gasteiger partial charge is 0.495 e. The van der Waals surface area contributed by atoms with Crippen LogP contribution in [0.2, 0.25) is 5.02 Å². The molecule has 0 radical (unpaired) electrons. The van der Waals surface area contributed by atoms with Gasteiger partial charge >= 0.3 is 0 Å². The molecular formula is C22H22ClN7O3. The van der Waals surface area contributed by atoms with Gasteiger partial charge in [0.15, 0.2) is 5.82 Å². The number of nitrogens with one attached hydrogen (secondary N) is 2. The third-order valence-corrected chi connectivity index (χ3v) is 5.15. The van der Waals surface area contributed by atoms with E-state index in [1.807, 2.05) is 19.1 Å². The molecule has 0 spiro atoms. The van der Waals surface area contributed by atoms with Gasteiger partial charge in [0, 0.05) is 17.6 Å². The molecule has 33 heavy (non-hydrogen) atoms. The lowest BCUT2D eigenvalue weighted by Gasteiger charge is -2.11.